The highest BCUT2D eigenvalue weighted by Gasteiger charge is 2.30. The van der Waals surface area contributed by atoms with Crippen LogP contribution in [0.3, 0.4) is 0 Å². The van der Waals surface area contributed by atoms with Crippen molar-refractivity contribution in [2.45, 2.75) is 32.1 Å². The number of carbonyl (C=O) groups is 2. The Kier molecular flexibility index (Phi) is 3.31. The van der Waals surface area contributed by atoms with E-state index in [-0.39, 0.29) is 11.8 Å². The number of amides is 1. The molecule has 1 aromatic carbocycles. The number of Topliss-reactive ketones (excluding diaryl/α,β-unsaturated/α-hetero) is 1. The van der Waals surface area contributed by atoms with Crippen LogP contribution in [0.2, 0.25) is 5.02 Å². The first-order chi connectivity index (χ1) is 9.15. The predicted molar refractivity (Wildman–Crippen MR) is 74.5 cm³/mol. The maximum atomic E-state index is 12.0. The second kappa shape index (κ2) is 4.97. The Bertz CT molecular complexity index is 541. The lowest BCUT2D eigenvalue weighted by atomic mass is 10.0. The molecule has 1 aliphatic carbocycles. The zero-order valence-corrected chi connectivity index (χ0v) is 11.4. The summed E-state index contributed by atoms with van der Waals surface area (Å²) in [4.78, 5) is 25.4. The SMILES string of the molecule is O=C1CCCC1CCN1C(=O)Cc2ccc(Cl)cc21. The third-order valence-corrected chi connectivity index (χ3v) is 4.35. The van der Waals surface area contributed by atoms with Crippen molar-refractivity contribution in [2.75, 3.05) is 11.4 Å². The van der Waals surface area contributed by atoms with Gasteiger partial charge in [-0.1, -0.05) is 17.7 Å². The lowest BCUT2D eigenvalue weighted by molar-refractivity contribution is -0.121. The molecule has 3 nitrogen and oxygen atoms in total. The molecule has 3 rings (SSSR count). The van der Waals surface area contributed by atoms with Gasteiger partial charge in [-0.05, 0) is 37.0 Å². The van der Waals surface area contributed by atoms with Crippen molar-refractivity contribution in [3.63, 3.8) is 0 Å². The number of ketones is 1. The fraction of sp³-hybridized carbons (Fsp3) is 0.467. The summed E-state index contributed by atoms with van der Waals surface area (Å²) in [5.74, 6) is 0.622. The molecular formula is C15H16ClNO2. The van der Waals surface area contributed by atoms with Gasteiger partial charge in [0, 0.05) is 29.6 Å². The normalized spacial score (nSPS) is 22.2. The number of hydrogen-bond donors (Lipinski definition) is 0. The maximum Gasteiger partial charge on any atom is 0.231 e. The van der Waals surface area contributed by atoms with Gasteiger partial charge in [-0.2, -0.15) is 0 Å². The van der Waals surface area contributed by atoms with Gasteiger partial charge in [-0.15, -0.1) is 0 Å². The van der Waals surface area contributed by atoms with Crippen LogP contribution in [0.4, 0.5) is 5.69 Å². The minimum Gasteiger partial charge on any atom is -0.312 e. The Morgan fingerprint density at radius 3 is 2.89 bits per heavy atom. The molecule has 1 atom stereocenters. The van der Waals surface area contributed by atoms with E-state index in [2.05, 4.69) is 0 Å². The topological polar surface area (TPSA) is 37.4 Å². The van der Waals surface area contributed by atoms with E-state index >= 15 is 0 Å². The van der Waals surface area contributed by atoms with E-state index in [1.165, 1.54) is 0 Å². The lowest BCUT2D eigenvalue weighted by Gasteiger charge is -2.19. The number of carbonyl (C=O) groups excluding carboxylic acids is 2. The van der Waals surface area contributed by atoms with E-state index in [4.69, 9.17) is 11.6 Å². The Hall–Kier alpha value is -1.35. The van der Waals surface area contributed by atoms with Gasteiger partial charge in [0.25, 0.3) is 0 Å². The van der Waals surface area contributed by atoms with Crippen molar-refractivity contribution in [1.29, 1.82) is 0 Å². The predicted octanol–water partition coefficient (Wildman–Crippen LogP) is 2.99. The summed E-state index contributed by atoms with van der Waals surface area (Å²) in [6, 6.07) is 5.58. The molecule has 1 heterocycles. The Balaban J connectivity index is 1.73. The molecule has 0 bridgehead atoms. The molecule has 19 heavy (non-hydrogen) atoms. The van der Waals surface area contributed by atoms with Crippen molar-refractivity contribution in [1.82, 2.24) is 0 Å². The lowest BCUT2D eigenvalue weighted by Crippen LogP contribution is -2.29. The number of hydrogen-bond acceptors (Lipinski definition) is 2. The summed E-state index contributed by atoms with van der Waals surface area (Å²) in [6.45, 7) is 0.628. The van der Waals surface area contributed by atoms with Gasteiger partial charge in [-0.3, -0.25) is 9.59 Å². The Morgan fingerprint density at radius 1 is 1.32 bits per heavy atom. The molecule has 1 aliphatic heterocycles. The van der Waals surface area contributed by atoms with Crippen molar-refractivity contribution in [2.24, 2.45) is 5.92 Å². The molecule has 100 valence electrons. The number of halogens is 1. The van der Waals surface area contributed by atoms with Crippen LogP contribution in [0.25, 0.3) is 0 Å². The van der Waals surface area contributed by atoms with Gasteiger partial charge >= 0.3 is 0 Å². The Morgan fingerprint density at radius 2 is 2.16 bits per heavy atom. The van der Waals surface area contributed by atoms with Crippen molar-refractivity contribution >= 4 is 29.0 Å². The van der Waals surface area contributed by atoms with E-state index in [1.807, 2.05) is 18.2 Å². The van der Waals surface area contributed by atoms with Gasteiger partial charge in [0.15, 0.2) is 0 Å². The first kappa shape index (κ1) is 12.7. The minimum atomic E-state index is 0.114. The van der Waals surface area contributed by atoms with Gasteiger partial charge in [-0.25, -0.2) is 0 Å². The number of anilines is 1. The molecule has 1 fully saturated rings. The standard InChI is InChI=1S/C15H16ClNO2/c16-12-5-4-11-8-15(19)17(13(11)9-12)7-6-10-2-1-3-14(10)18/h4-5,9-10H,1-3,6-8H2. The van der Waals surface area contributed by atoms with E-state index in [0.717, 1.165) is 30.5 Å². The molecule has 2 aliphatic rings. The van der Waals surface area contributed by atoms with Crippen LogP contribution in [-0.4, -0.2) is 18.2 Å². The summed E-state index contributed by atoms with van der Waals surface area (Å²) < 4.78 is 0. The highest BCUT2D eigenvalue weighted by Crippen LogP contribution is 2.33. The number of fused-ring (bicyclic) bond motifs is 1. The zero-order chi connectivity index (χ0) is 13.4. The molecule has 1 saturated carbocycles. The first-order valence-electron chi connectivity index (χ1n) is 6.76. The third kappa shape index (κ3) is 2.39. The van der Waals surface area contributed by atoms with E-state index in [1.54, 1.807) is 4.90 Å². The average Bonchev–Trinajstić information content (AvgIpc) is 2.90. The fourth-order valence-corrected chi connectivity index (χ4v) is 3.22. The second-order valence-corrected chi connectivity index (χ2v) is 5.78. The van der Waals surface area contributed by atoms with E-state index < -0.39 is 0 Å². The quantitative estimate of drug-likeness (QED) is 0.852. The average molecular weight is 278 g/mol. The van der Waals surface area contributed by atoms with Gasteiger partial charge in [0.2, 0.25) is 5.91 Å². The van der Waals surface area contributed by atoms with Crippen LogP contribution in [0.1, 0.15) is 31.2 Å². The summed E-state index contributed by atoms with van der Waals surface area (Å²) in [6.07, 6.45) is 3.91. The molecule has 0 radical (unpaired) electrons. The zero-order valence-electron chi connectivity index (χ0n) is 10.7. The minimum absolute atomic E-state index is 0.114. The molecule has 4 heteroatoms. The first-order valence-corrected chi connectivity index (χ1v) is 7.14. The molecule has 0 N–H and O–H groups in total. The van der Waals surface area contributed by atoms with Crippen LogP contribution in [0.15, 0.2) is 18.2 Å². The van der Waals surface area contributed by atoms with Crippen molar-refractivity contribution in [3.05, 3.63) is 28.8 Å². The van der Waals surface area contributed by atoms with Crippen LogP contribution in [-0.2, 0) is 16.0 Å². The largest absolute Gasteiger partial charge is 0.312 e. The molecule has 0 spiro atoms. The third-order valence-electron chi connectivity index (χ3n) is 4.11. The van der Waals surface area contributed by atoms with Gasteiger partial charge in [0.05, 0.1) is 6.42 Å². The number of benzene rings is 1. The molecule has 1 amide bonds. The highest BCUT2D eigenvalue weighted by molar-refractivity contribution is 6.31. The summed E-state index contributed by atoms with van der Waals surface area (Å²) in [5, 5.41) is 0.649. The van der Waals surface area contributed by atoms with Crippen LogP contribution >= 0.6 is 11.6 Å². The smallest absolute Gasteiger partial charge is 0.231 e. The van der Waals surface area contributed by atoms with Crippen LogP contribution in [0.5, 0.6) is 0 Å². The molecule has 1 aromatic rings. The van der Waals surface area contributed by atoms with Gasteiger partial charge in [0.1, 0.15) is 5.78 Å². The Labute approximate surface area is 117 Å². The summed E-state index contributed by atoms with van der Waals surface area (Å²) in [7, 11) is 0. The molecule has 1 unspecified atom stereocenters. The van der Waals surface area contributed by atoms with Crippen LogP contribution < -0.4 is 4.90 Å². The fourth-order valence-electron chi connectivity index (χ4n) is 3.05. The second-order valence-electron chi connectivity index (χ2n) is 5.34. The van der Waals surface area contributed by atoms with Gasteiger partial charge < -0.3 is 4.90 Å². The summed E-state index contributed by atoms with van der Waals surface area (Å²) >= 11 is 5.99. The molecule has 0 saturated heterocycles. The van der Waals surface area contributed by atoms with Crippen LogP contribution in [0, 0.1) is 5.92 Å². The van der Waals surface area contributed by atoms with E-state index in [0.29, 0.717) is 30.2 Å². The number of nitrogens with zero attached hydrogens (tertiary/aromatic N) is 1. The molecular weight excluding hydrogens is 262 g/mol. The van der Waals surface area contributed by atoms with Crippen molar-refractivity contribution < 1.29 is 9.59 Å². The van der Waals surface area contributed by atoms with E-state index in [9.17, 15) is 9.59 Å². The highest BCUT2D eigenvalue weighted by atomic mass is 35.5. The summed E-state index contributed by atoms with van der Waals surface area (Å²) in [5.41, 5.74) is 1.95. The maximum absolute atomic E-state index is 12.0. The molecule has 0 aromatic heterocycles. The van der Waals surface area contributed by atoms with Crippen molar-refractivity contribution in [3.8, 4) is 0 Å². The number of rotatable bonds is 3. The monoisotopic (exact) mass is 277 g/mol.